The molecule has 3 rings (SSSR count). The van der Waals surface area contributed by atoms with Gasteiger partial charge in [-0.2, -0.15) is 0 Å². The fourth-order valence-electron chi connectivity index (χ4n) is 2.16. The molecule has 0 saturated carbocycles. The standard InChI is InChI=1S/C16H8F2N2O4/c17-9-2-4-12(24-16(22)23)14(18)13(9)15(21)8-1-3-10-11(7-8)20-6-5-19-10/h1-7H,(H,22,23). The Morgan fingerprint density at radius 1 is 1.00 bits per heavy atom. The van der Waals surface area contributed by atoms with Crippen molar-refractivity contribution in [1.29, 1.82) is 0 Å². The summed E-state index contributed by atoms with van der Waals surface area (Å²) >= 11 is 0. The third-order valence-corrected chi connectivity index (χ3v) is 3.21. The van der Waals surface area contributed by atoms with E-state index in [-0.39, 0.29) is 5.56 Å². The molecular formula is C16H8F2N2O4. The van der Waals surface area contributed by atoms with Crippen molar-refractivity contribution in [2.75, 3.05) is 0 Å². The maximum Gasteiger partial charge on any atom is 0.511 e. The first kappa shape index (κ1) is 15.5. The van der Waals surface area contributed by atoms with E-state index in [1.54, 1.807) is 0 Å². The third kappa shape index (κ3) is 2.76. The van der Waals surface area contributed by atoms with E-state index in [0.29, 0.717) is 11.0 Å². The average Bonchev–Trinajstić information content (AvgIpc) is 2.56. The van der Waals surface area contributed by atoms with Gasteiger partial charge >= 0.3 is 6.16 Å². The molecule has 2 aromatic carbocycles. The van der Waals surface area contributed by atoms with E-state index in [4.69, 9.17) is 5.11 Å². The maximum atomic E-state index is 14.3. The summed E-state index contributed by atoms with van der Waals surface area (Å²) in [6.07, 6.45) is 1.11. The lowest BCUT2D eigenvalue weighted by molar-refractivity contribution is 0.102. The van der Waals surface area contributed by atoms with Gasteiger partial charge in [-0.3, -0.25) is 14.8 Å². The molecule has 1 N–H and O–H groups in total. The van der Waals surface area contributed by atoms with Crippen LogP contribution in [0, 0.1) is 11.6 Å². The van der Waals surface area contributed by atoms with Crippen molar-refractivity contribution in [3.05, 3.63) is 65.5 Å². The average molecular weight is 330 g/mol. The number of benzene rings is 2. The number of hydrogen-bond donors (Lipinski definition) is 1. The molecule has 0 aliphatic heterocycles. The number of carboxylic acid groups (broad SMARTS) is 1. The van der Waals surface area contributed by atoms with Crippen LogP contribution in [0.1, 0.15) is 15.9 Å². The van der Waals surface area contributed by atoms with Crippen molar-refractivity contribution in [3.8, 4) is 5.75 Å². The van der Waals surface area contributed by atoms with Gasteiger partial charge in [0.1, 0.15) is 5.82 Å². The van der Waals surface area contributed by atoms with E-state index in [1.807, 2.05) is 0 Å². The van der Waals surface area contributed by atoms with Gasteiger partial charge < -0.3 is 9.84 Å². The van der Waals surface area contributed by atoms with E-state index in [9.17, 15) is 18.4 Å². The third-order valence-electron chi connectivity index (χ3n) is 3.21. The summed E-state index contributed by atoms with van der Waals surface area (Å²) in [5, 5.41) is 8.54. The van der Waals surface area contributed by atoms with Crippen LogP contribution in [0.15, 0.2) is 42.7 Å². The molecule has 24 heavy (non-hydrogen) atoms. The van der Waals surface area contributed by atoms with E-state index in [1.165, 1.54) is 30.6 Å². The summed E-state index contributed by atoms with van der Waals surface area (Å²) in [7, 11) is 0. The second-order valence-electron chi connectivity index (χ2n) is 4.69. The SMILES string of the molecule is O=C(O)Oc1ccc(F)c(C(=O)c2ccc3nccnc3c2)c1F. The zero-order chi connectivity index (χ0) is 17.3. The van der Waals surface area contributed by atoms with Crippen LogP contribution < -0.4 is 4.74 Å². The van der Waals surface area contributed by atoms with Crippen LogP contribution in [0.4, 0.5) is 13.6 Å². The predicted molar refractivity (Wildman–Crippen MR) is 78.0 cm³/mol. The van der Waals surface area contributed by atoms with Gasteiger partial charge in [0.2, 0.25) is 0 Å². The lowest BCUT2D eigenvalue weighted by Crippen LogP contribution is -2.11. The summed E-state index contributed by atoms with van der Waals surface area (Å²) in [4.78, 5) is 31.0. The fraction of sp³-hybridized carbons (Fsp3) is 0. The van der Waals surface area contributed by atoms with Crippen LogP contribution in [-0.2, 0) is 0 Å². The Labute approximate surface area is 133 Å². The highest BCUT2D eigenvalue weighted by atomic mass is 19.1. The Morgan fingerprint density at radius 3 is 2.42 bits per heavy atom. The molecule has 0 radical (unpaired) electrons. The molecule has 3 aromatic rings. The van der Waals surface area contributed by atoms with E-state index >= 15 is 0 Å². The molecule has 0 spiro atoms. The minimum atomic E-state index is -1.78. The Bertz CT molecular complexity index is 975. The van der Waals surface area contributed by atoms with Crippen molar-refractivity contribution >= 4 is 23.0 Å². The molecule has 0 bridgehead atoms. The number of carbonyl (C=O) groups is 2. The van der Waals surface area contributed by atoms with Crippen LogP contribution in [-0.4, -0.2) is 27.0 Å². The Morgan fingerprint density at radius 2 is 1.71 bits per heavy atom. The topological polar surface area (TPSA) is 89.4 Å². The molecule has 0 fully saturated rings. The minimum Gasteiger partial charge on any atom is -0.449 e. The Kier molecular flexibility index (Phi) is 3.87. The molecule has 0 amide bonds. The van der Waals surface area contributed by atoms with Gasteiger partial charge in [0, 0.05) is 18.0 Å². The first-order valence-corrected chi connectivity index (χ1v) is 6.61. The predicted octanol–water partition coefficient (Wildman–Crippen LogP) is 3.20. The molecule has 8 heteroatoms. The molecule has 6 nitrogen and oxygen atoms in total. The summed E-state index contributed by atoms with van der Waals surface area (Å²) in [6.45, 7) is 0. The van der Waals surface area contributed by atoms with Crippen molar-refractivity contribution < 1.29 is 28.2 Å². The van der Waals surface area contributed by atoms with Crippen LogP contribution in [0.25, 0.3) is 11.0 Å². The van der Waals surface area contributed by atoms with Crippen molar-refractivity contribution in [2.24, 2.45) is 0 Å². The van der Waals surface area contributed by atoms with Crippen LogP contribution >= 0.6 is 0 Å². The van der Waals surface area contributed by atoms with Crippen molar-refractivity contribution in [2.45, 2.75) is 0 Å². The van der Waals surface area contributed by atoms with Gasteiger partial charge in [0.15, 0.2) is 17.3 Å². The van der Waals surface area contributed by atoms with Gasteiger partial charge in [0.05, 0.1) is 16.6 Å². The first-order valence-electron chi connectivity index (χ1n) is 6.61. The second-order valence-corrected chi connectivity index (χ2v) is 4.69. The van der Waals surface area contributed by atoms with Gasteiger partial charge in [-0.05, 0) is 30.3 Å². The summed E-state index contributed by atoms with van der Waals surface area (Å²) in [5.74, 6) is -4.24. The lowest BCUT2D eigenvalue weighted by atomic mass is 10.0. The van der Waals surface area contributed by atoms with Crippen LogP contribution in [0.3, 0.4) is 0 Å². The van der Waals surface area contributed by atoms with Gasteiger partial charge in [-0.1, -0.05) is 0 Å². The molecule has 0 unspecified atom stereocenters. The molecule has 0 atom stereocenters. The number of halogens is 2. The zero-order valence-corrected chi connectivity index (χ0v) is 11.9. The molecule has 120 valence electrons. The molecule has 0 aliphatic rings. The van der Waals surface area contributed by atoms with E-state index in [0.717, 1.165) is 12.1 Å². The summed E-state index contributed by atoms with van der Waals surface area (Å²) in [5.41, 5.74) is -0.0367. The fourth-order valence-corrected chi connectivity index (χ4v) is 2.16. The number of fused-ring (bicyclic) bond motifs is 1. The number of nitrogens with zero attached hydrogens (tertiary/aromatic N) is 2. The molecule has 1 heterocycles. The lowest BCUT2D eigenvalue weighted by Gasteiger charge is -2.08. The Hall–Kier alpha value is -3.42. The van der Waals surface area contributed by atoms with Crippen molar-refractivity contribution in [3.63, 3.8) is 0 Å². The van der Waals surface area contributed by atoms with E-state index in [2.05, 4.69) is 14.7 Å². The Balaban J connectivity index is 2.09. The molecule has 1 aromatic heterocycles. The highest BCUT2D eigenvalue weighted by Crippen LogP contribution is 2.26. The number of ketones is 1. The monoisotopic (exact) mass is 330 g/mol. The second kappa shape index (κ2) is 5.99. The highest BCUT2D eigenvalue weighted by molar-refractivity contribution is 6.10. The summed E-state index contributed by atoms with van der Waals surface area (Å²) < 4.78 is 32.4. The smallest absolute Gasteiger partial charge is 0.449 e. The zero-order valence-electron chi connectivity index (χ0n) is 11.9. The molecule has 0 aliphatic carbocycles. The van der Waals surface area contributed by atoms with Gasteiger partial charge in [-0.25, -0.2) is 13.6 Å². The van der Waals surface area contributed by atoms with E-state index < -0.39 is 34.9 Å². The minimum absolute atomic E-state index is 0.0201. The number of rotatable bonds is 3. The number of carbonyl (C=O) groups excluding carboxylic acids is 1. The van der Waals surface area contributed by atoms with Crippen LogP contribution in [0.2, 0.25) is 0 Å². The largest absolute Gasteiger partial charge is 0.511 e. The van der Waals surface area contributed by atoms with Gasteiger partial charge in [0.25, 0.3) is 0 Å². The number of aromatic nitrogens is 2. The van der Waals surface area contributed by atoms with Gasteiger partial charge in [-0.15, -0.1) is 0 Å². The number of ether oxygens (including phenoxy) is 1. The number of hydrogen-bond acceptors (Lipinski definition) is 5. The molecule has 0 saturated heterocycles. The normalized spacial score (nSPS) is 10.6. The van der Waals surface area contributed by atoms with Crippen molar-refractivity contribution in [1.82, 2.24) is 9.97 Å². The quantitative estimate of drug-likeness (QED) is 0.451. The molecular weight excluding hydrogens is 322 g/mol. The highest BCUT2D eigenvalue weighted by Gasteiger charge is 2.24. The van der Waals surface area contributed by atoms with Crippen LogP contribution in [0.5, 0.6) is 5.75 Å². The summed E-state index contributed by atoms with van der Waals surface area (Å²) in [6, 6.07) is 5.73. The maximum absolute atomic E-state index is 14.3. The first-order chi connectivity index (χ1) is 11.5.